The number of pyridine rings is 1. The zero-order valence-electron chi connectivity index (χ0n) is 11.0. The van der Waals surface area contributed by atoms with E-state index in [9.17, 15) is 4.79 Å². The number of carbonyl (C=O) groups excluding carboxylic acids is 1. The quantitative estimate of drug-likeness (QED) is 0.764. The Hall–Kier alpha value is -1.38. The molecule has 4 fully saturated rings. The molecule has 1 heterocycles. The van der Waals surface area contributed by atoms with Crippen molar-refractivity contribution in [1.29, 1.82) is 0 Å². The van der Waals surface area contributed by atoms with E-state index in [4.69, 9.17) is 4.74 Å². The third-order valence-corrected chi connectivity index (χ3v) is 5.19. The van der Waals surface area contributed by atoms with Crippen LogP contribution in [0, 0.1) is 17.8 Å². The number of carbonyl (C=O) groups is 1. The van der Waals surface area contributed by atoms with Gasteiger partial charge in [0.05, 0.1) is 5.56 Å². The molecule has 0 N–H and O–H groups in total. The Kier molecular flexibility index (Phi) is 2.44. The third-order valence-electron chi connectivity index (χ3n) is 5.19. The standard InChI is InChI=1S/C16H19NO2/c18-15(14-2-1-3-17-10-14)19-16-7-11-4-12(8-16)6-13(5-11)9-16/h1-3,10-13H,4-9H2. The molecule has 1 aromatic heterocycles. The average molecular weight is 257 g/mol. The van der Waals surface area contributed by atoms with E-state index in [1.807, 2.05) is 0 Å². The minimum Gasteiger partial charge on any atom is -0.455 e. The average Bonchev–Trinajstić information content (AvgIpc) is 2.37. The maximum absolute atomic E-state index is 12.3. The minimum atomic E-state index is -0.185. The number of aromatic nitrogens is 1. The van der Waals surface area contributed by atoms with Gasteiger partial charge in [0.1, 0.15) is 5.60 Å². The summed E-state index contributed by atoms with van der Waals surface area (Å²) in [6.07, 6.45) is 10.6. The Balaban J connectivity index is 1.55. The van der Waals surface area contributed by atoms with Gasteiger partial charge >= 0.3 is 5.97 Å². The van der Waals surface area contributed by atoms with Gasteiger partial charge in [-0.2, -0.15) is 0 Å². The van der Waals surface area contributed by atoms with Gasteiger partial charge in [-0.25, -0.2) is 4.79 Å². The first-order chi connectivity index (χ1) is 9.22. The van der Waals surface area contributed by atoms with E-state index < -0.39 is 0 Å². The summed E-state index contributed by atoms with van der Waals surface area (Å²) in [5, 5.41) is 0. The summed E-state index contributed by atoms with van der Waals surface area (Å²) < 4.78 is 5.96. The monoisotopic (exact) mass is 257 g/mol. The van der Waals surface area contributed by atoms with E-state index in [0.29, 0.717) is 5.56 Å². The zero-order chi connectivity index (χ0) is 12.9. The molecular weight excluding hydrogens is 238 g/mol. The van der Waals surface area contributed by atoms with E-state index in [2.05, 4.69) is 4.98 Å². The molecule has 3 nitrogen and oxygen atoms in total. The number of rotatable bonds is 2. The van der Waals surface area contributed by atoms with Gasteiger partial charge in [0.25, 0.3) is 0 Å². The molecule has 0 saturated heterocycles. The molecule has 0 spiro atoms. The molecule has 0 aromatic carbocycles. The molecule has 4 bridgehead atoms. The summed E-state index contributed by atoms with van der Waals surface area (Å²) in [5.41, 5.74) is 0.431. The van der Waals surface area contributed by atoms with E-state index in [0.717, 1.165) is 37.0 Å². The van der Waals surface area contributed by atoms with Crippen LogP contribution in [0.25, 0.3) is 0 Å². The van der Waals surface area contributed by atoms with Crippen LogP contribution in [0.1, 0.15) is 48.9 Å². The van der Waals surface area contributed by atoms with E-state index in [1.165, 1.54) is 19.3 Å². The van der Waals surface area contributed by atoms with Crippen molar-refractivity contribution < 1.29 is 9.53 Å². The van der Waals surface area contributed by atoms with Crippen molar-refractivity contribution >= 4 is 5.97 Å². The fourth-order valence-corrected chi connectivity index (χ4v) is 4.90. The Labute approximate surface area is 113 Å². The van der Waals surface area contributed by atoms with Crippen LogP contribution in [0.3, 0.4) is 0 Å². The van der Waals surface area contributed by atoms with Crippen LogP contribution in [0.5, 0.6) is 0 Å². The Morgan fingerprint density at radius 3 is 2.32 bits per heavy atom. The summed E-state index contributed by atoms with van der Waals surface area (Å²) in [5.74, 6) is 2.21. The molecule has 19 heavy (non-hydrogen) atoms. The molecule has 0 atom stereocenters. The van der Waals surface area contributed by atoms with Crippen LogP contribution in [0.15, 0.2) is 24.5 Å². The van der Waals surface area contributed by atoms with Crippen LogP contribution in [-0.4, -0.2) is 16.6 Å². The second-order valence-corrected chi connectivity index (χ2v) is 6.73. The molecule has 4 aliphatic rings. The molecule has 4 saturated carbocycles. The lowest BCUT2D eigenvalue weighted by Gasteiger charge is -2.55. The number of hydrogen-bond donors (Lipinski definition) is 0. The number of ether oxygens (including phenoxy) is 1. The zero-order valence-corrected chi connectivity index (χ0v) is 11.0. The summed E-state index contributed by atoms with van der Waals surface area (Å²) in [4.78, 5) is 16.3. The Morgan fingerprint density at radius 2 is 1.79 bits per heavy atom. The second-order valence-electron chi connectivity index (χ2n) is 6.73. The summed E-state index contributed by atoms with van der Waals surface area (Å²) in [6.45, 7) is 0. The molecule has 1 aromatic rings. The van der Waals surface area contributed by atoms with Crippen LogP contribution >= 0.6 is 0 Å². The maximum atomic E-state index is 12.3. The Bertz CT molecular complexity index is 461. The van der Waals surface area contributed by atoms with Crippen molar-refractivity contribution in [1.82, 2.24) is 4.98 Å². The van der Waals surface area contributed by atoms with Crippen LogP contribution in [-0.2, 0) is 4.74 Å². The second kappa shape index (κ2) is 4.06. The first-order valence-corrected chi connectivity index (χ1v) is 7.36. The first kappa shape index (κ1) is 11.4. The van der Waals surface area contributed by atoms with Crippen molar-refractivity contribution in [3.05, 3.63) is 30.1 Å². The number of esters is 1. The molecule has 0 radical (unpaired) electrons. The molecule has 4 aliphatic carbocycles. The van der Waals surface area contributed by atoms with Gasteiger partial charge in [0.2, 0.25) is 0 Å². The van der Waals surface area contributed by atoms with Crippen molar-refractivity contribution in [2.45, 2.75) is 44.1 Å². The summed E-state index contributed by atoms with van der Waals surface area (Å²) in [7, 11) is 0. The van der Waals surface area contributed by atoms with Crippen LogP contribution in [0.4, 0.5) is 0 Å². The SMILES string of the molecule is O=C(OC12CC3CC(CC(C3)C1)C2)c1cccnc1. The van der Waals surface area contributed by atoms with Crippen molar-refractivity contribution in [2.24, 2.45) is 17.8 Å². The van der Waals surface area contributed by atoms with Crippen molar-refractivity contribution in [2.75, 3.05) is 0 Å². The highest BCUT2D eigenvalue weighted by atomic mass is 16.6. The largest absolute Gasteiger partial charge is 0.455 e. The normalized spacial score (nSPS) is 39.3. The lowest BCUT2D eigenvalue weighted by Crippen LogP contribution is -2.52. The fraction of sp³-hybridized carbons (Fsp3) is 0.625. The van der Waals surface area contributed by atoms with E-state index >= 15 is 0 Å². The highest BCUT2D eigenvalue weighted by molar-refractivity contribution is 5.89. The van der Waals surface area contributed by atoms with Crippen molar-refractivity contribution in [3.63, 3.8) is 0 Å². The highest BCUT2D eigenvalue weighted by Crippen LogP contribution is 2.57. The summed E-state index contributed by atoms with van der Waals surface area (Å²) >= 11 is 0. The lowest BCUT2D eigenvalue weighted by atomic mass is 9.54. The molecule has 0 aliphatic heterocycles. The predicted octanol–water partition coefficient (Wildman–Crippen LogP) is 3.21. The van der Waals surface area contributed by atoms with Gasteiger partial charge in [-0.3, -0.25) is 4.98 Å². The summed E-state index contributed by atoms with van der Waals surface area (Å²) in [6, 6.07) is 3.58. The van der Waals surface area contributed by atoms with Gasteiger partial charge in [-0.15, -0.1) is 0 Å². The number of nitrogens with zero attached hydrogens (tertiary/aromatic N) is 1. The minimum absolute atomic E-state index is 0.151. The topological polar surface area (TPSA) is 39.2 Å². The highest BCUT2D eigenvalue weighted by Gasteiger charge is 2.53. The van der Waals surface area contributed by atoms with Gasteiger partial charge in [0.15, 0.2) is 0 Å². The van der Waals surface area contributed by atoms with Crippen LogP contribution < -0.4 is 0 Å². The van der Waals surface area contributed by atoms with Gasteiger partial charge in [-0.1, -0.05) is 0 Å². The molecule has 5 rings (SSSR count). The lowest BCUT2D eigenvalue weighted by molar-refractivity contribution is -0.131. The molecule has 100 valence electrons. The maximum Gasteiger partial charge on any atom is 0.340 e. The Morgan fingerprint density at radius 1 is 1.16 bits per heavy atom. The van der Waals surface area contributed by atoms with E-state index in [1.54, 1.807) is 24.5 Å². The van der Waals surface area contributed by atoms with Gasteiger partial charge in [0, 0.05) is 12.4 Å². The molecular formula is C16H19NO2. The van der Waals surface area contributed by atoms with E-state index in [-0.39, 0.29) is 11.6 Å². The molecule has 3 heteroatoms. The smallest absolute Gasteiger partial charge is 0.340 e. The predicted molar refractivity (Wildman–Crippen MR) is 70.6 cm³/mol. The number of hydrogen-bond acceptors (Lipinski definition) is 3. The van der Waals surface area contributed by atoms with Gasteiger partial charge < -0.3 is 4.74 Å². The third kappa shape index (κ3) is 1.96. The molecule has 0 unspecified atom stereocenters. The van der Waals surface area contributed by atoms with Crippen molar-refractivity contribution in [3.8, 4) is 0 Å². The molecule has 0 amide bonds. The van der Waals surface area contributed by atoms with Crippen LogP contribution in [0.2, 0.25) is 0 Å². The first-order valence-electron chi connectivity index (χ1n) is 7.36. The van der Waals surface area contributed by atoms with Gasteiger partial charge in [-0.05, 0) is 68.4 Å². The fourth-order valence-electron chi connectivity index (χ4n) is 4.90.